The number of para-hydroxylation sites is 1. The highest BCUT2D eigenvalue weighted by atomic mass is 16.4. The van der Waals surface area contributed by atoms with Crippen molar-refractivity contribution in [1.29, 1.82) is 0 Å². The molecule has 0 saturated carbocycles. The molecule has 0 unspecified atom stereocenters. The van der Waals surface area contributed by atoms with E-state index in [1.807, 2.05) is 36.4 Å². The molecule has 0 aromatic heterocycles. The van der Waals surface area contributed by atoms with E-state index in [1.165, 1.54) is 9.80 Å². The van der Waals surface area contributed by atoms with Gasteiger partial charge in [0.25, 0.3) is 0 Å². The number of nitrogens with two attached hydrogens (primary N) is 1. The molecular weight excluding hydrogens is 346 g/mol. The molecule has 0 aliphatic carbocycles. The Bertz CT molecular complexity index is 765. The molecule has 142 valence electrons. The Kier molecular flexibility index (Phi) is 7.37. The molecule has 27 heavy (non-hydrogen) atoms. The van der Waals surface area contributed by atoms with E-state index in [0.29, 0.717) is 12.2 Å². The predicted molar refractivity (Wildman–Crippen MR) is 102 cm³/mol. The number of carboxylic acid groups (broad SMARTS) is 1. The first kappa shape index (κ1) is 20.0. The first-order valence-electron chi connectivity index (χ1n) is 8.57. The van der Waals surface area contributed by atoms with Gasteiger partial charge in [0, 0.05) is 25.2 Å². The minimum absolute atomic E-state index is 0.0445. The molecule has 0 spiro atoms. The van der Waals surface area contributed by atoms with Crippen LogP contribution in [0.4, 0.5) is 5.69 Å². The Morgan fingerprint density at radius 2 is 1.48 bits per heavy atom. The summed E-state index contributed by atoms with van der Waals surface area (Å²) >= 11 is 0. The van der Waals surface area contributed by atoms with Gasteiger partial charge in [0.1, 0.15) is 6.54 Å². The second-order valence-electron chi connectivity index (χ2n) is 6.10. The molecule has 0 heterocycles. The Morgan fingerprint density at radius 1 is 0.889 bits per heavy atom. The lowest BCUT2D eigenvalue weighted by molar-refractivity contribution is -0.135. The van der Waals surface area contributed by atoms with E-state index < -0.39 is 11.9 Å². The van der Waals surface area contributed by atoms with Crippen molar-refractivity contribution in [3.8, 4) is 0 Å². The van der Waals surface area contributed by atoms with Gasteiger partial charge < -0.3 is 20.6 Å². The number of rotatable bonds is 10. The molecule has 7 heteroatoms. The van der Waals surface area contributed by atoms with Crippen molar-refractivity contribution >= 4 is 23.5 Å². The highest BCUT2D eigenvalue weighted by molar-refractivity contribution is 5.84. The molecule has 0 atom stereocenters. The Labute approximate surface area is 158 Å². The normalized spacial score (nSPS) is 10.2. The highest BCUT2D eigenvalue weighted by Gasteiger charge is 2.20. The van der Waals surface area contributed by atoms with Crippen LogP contribution in [0.3, 0.4) is 0 Å². The molecule has 7 nitrogen and oxygen atoms in total. The van der Waals surface area contributed by atoms with Crippen LogP contribution < -0.4 is 10.6 Å². The van der Waals surface area contributed by atoms with Crippen molar-refractivity contribution in [2.45, 2.75) is 13.0 Å². The maximum absolute atomic E-state index is 12.9. The molecule has 0 fully saturated rings. The Balaban J connectivity index is 2.15. The van der Waals surface area contributed by atoms with Gasteiger partial charge in [-0.25, -0.2) is 0 Å². The van der Waals surface area contributed by atoms with E-state index in [2.05, 4.69) is 0 Å². The summed E-state index contributed by atoms with van der Waals surface area (Å²) in [5.41, 5.74) is 6.79. The van der Waals surface area contributed by atoms with Gasteiger partial charge in [-0.2, -0.15) is 0 Å². The van der Waals surface area contributed by atoms with Crippen molar-refractivity contribution in [2.24, 2.45) is 5.73 Å². The molecule has 0 saturated heterocycles. The van der Waals surface area contributed by atoms with E-state index in [4.69, 9.17) is 5.73 Å². The number of benzene rings is 2. The monoisotopic (exact) mass is 369 g/mol. The van der Waals surface area contributed by atoms with Crippen molar-refractivity contribution in [3.05, 3.63) is 66.2 Å². The summed E-state index contributed by atoms with van der Waals surface area (Å²) in [4.78, 5) is 38.3. The zero-order valence-corrected chi connectivity index (χ0v) is 15.0. The molecule has 2 amide bonds. The summed E-state index contributed by atoms with van der Waals surface area (Å²) in [5, 5.41) is 9.18. The van der Waals surface area contributed by atoms with Gasteiger partial charge in [-0.3, -0.25) is 14.4 Å². The van der Waals surface area contributed by atoms with E-state index >= 15 is 0 Å². The van der Waals surface area contributed by atoms with Crippen molar-refractivity contribution in [3.63, 3.8) is 0 Å². The molecule has 0 bridgehead atoms. The lowest BCUT2D eigenvalue weighted by atomic mass is 10.2. The molecular formula is C20H23N3O4. The minimum atomic E-state index is -1.03. The summed E-state index contributed by atoms with van der Waals surface area (Å²) < 4.78 is 0. The van der Waals surface area contributed by atoms with Gasteiger partial charge in [0.05, 0.1) is 6.54 Å². The summed E-state index contributed by atoms with van der Waals surface area (Å²) in [6.45, 7) is 0.0913. The lowest BCUT2D eigenvalue weighted by Crippen LogP contribution is -2.43. The second-order valence-corrected chi connectivity index (χ2v) is 6.10. The van der Waals surface area contributed by atoms with Crippen molar-refractivity contribution in [1.82, 2.24) is 4.90 Å². The average molecular weight is 369 g/mol. The highest BCUT2D eigenvalue weighted by Crippen LogP contribution is 2.14. The number of anilines is 1. The number of nitrogens with zero attached hydrogens (tertiary/aromatic N) is 2. The van der Waals surface area contributed by atoms with Gasteiger partial charge in [-0.05, 0) is 17.7 Å². The third kappa shape index (κ3) is 6.81. The summed E-state index contributed by atoms with van der Waals surface area (Å²) in [6, 6.07) is 18.3. The van der Waals surface area contributed by atoms with Crippen LogP contribution >= 0.6 is 0 Å². The first-order chi connectivity index (χ1) is 13.0. The van der Waals surface area contributed by atoms with Crippen LogP contribution in [0.1, 0.15) is 12.0 Å². The van der Waals surface area contributed by atoms with E-state index in [-0.39, 0.29) is 32.0 Å². The number of hydrogen-bond acceptors (Lipinski definition) is 4. The standard InChI is InChI=1S/C20H23N3O4/c21-18(24)11-12-22(13-16-7-3-1-4-8-16)19(25)14-23(15-20(26)27)17-9-5-2-6-10-17/h1-10H,11-15H2,(H2,21,24)(H,26,27). The Hall–Kier alpha value is -3.35. The topological polar surface area (TPSA) is 104 Å². The number of carbonyl (C=O) groups is 3. The molecule has 0 aliphatic heterocycles. The van der Waals surface area contributed by atoms with Crippen molar-refractivity contribution in [2.75, 3.05) is 24.5 Å². The van der Waals surface area contributed by atoms with Gasteiger partial charge in [-0.15, -0.1) is 0 Å². The maximum atomic E-state index is 12.9. The second kappa shape index (κ2) is 9.96. The number of carboxylic acids is 1. The predicted octanol–water partition coefficient (Wildman–Crippen LogP) is 1.48. The zero-order chi connectivity index (χ0) is 19.6. The molecule has 0 radical (unpaired) electrons. The Morgan fingerprint density at radius 3 is 2.04 bits per heavy atom. The minimum Gasteiger partial charge on any atom is -0.480 e. The first-order valence-corrected chi connectivity index (χ1v) is 8.57. The molecule has 2 aromatic carbocycles. The van der Waals surface area contributed by atoms with Crippen LogP contribution in [0.5, 0.6) is 0 Å². The fourth-order valence-electron chi connectivity index (χ4n) is 2.64. The number of primary amides is 1. The van der Waals surface area contributed by atoms with Crippen LogP contribution in [0, 0.1) is 0 Å². The molecule has 3 N–H and O–H groups in total. The summed E-state index contributed by atoms with van der Waals surface area (Å²) in [6.07, 6.45) is 0.0445. The van der Waals surface area contributed by atoms with Crippen LogP contribution in [0.15, 0.2) is 60.7 Å². The largest absolute Gasteiger partial charge is 0.480 e. The van der Waals surface area contributed by atoms with Crippen LogP contribution in [0.25, 0.3) is 0 Å². The van der Waals surface area contributed by atoms with Gasteiger partial charge >= 0.3 is 5.97 Å². The maximum Gasteiger partial charge on any atom is 0.323 e. The number of aliphatic carboxylic acids is 1. The number of amides is 2. The van der Waals surface area contributed by atoms with E-state index in [1.54, 1.807) is 24.3 Å². The summed E-state index contributed by atoms with van der Waals surface area (Å²) in [7, 11) is 0. The van der Waals surface area contributed by atoms with E-state index in [9.17, 15) is 19.5 Å². The fraction of sp³-hybridized carbons (Fsp3) is 0.250. The number of hydrogen-bond donors (Lipinski definition) is 2. The molecule has 2 aromatic rings. The third-order valence-corrected chi connectivity index (χ3v) is 3.97. The van der Waals surface area contributed by atoms with Gasteiger partial charge in [0.2, 0.25) is 11.8 Å². The fourth-order valence-corrected chi connectivity index (χ4v) is 2.64. The van der Waals surface area contributed by atoms with Crippen LogP contribution in [0.2, 0.25) is 0 Å². The average Bonchev–Trinajstić information content (AvgIpc) is 2.65. The molecule has 2 rings (SSSR count). The third-order valence-electron chi connectivity index (χ3n) is 3.97. The van der Waals surface area contributed by atoms with Gasteiger partial charge in [-0.1, -0.05) is 48.5 Å². The van der Waals surface area contributed by atoms with Gasteiger partial charge in [0.15, 0.2) is 0 Å². The summed E-state index contributed by atoms with van der Waals surface area (Å²) in [5.74, 6) is -1.80. The molecule has 0 aliphatic rings. The number of carbonyl (C=O) groups excluding carboxylic acids is 2. The smallest absolute Gasteiger partial charge is 0.323 e. The lowest BCUT2D eigenvalue weighted by Gasteiger charge is -2.28. The van der Waals surface area contributed by atoms with Crippen LogP contribution in [-0.4, -0.2) is 47.4 Å². The van der Waals surface area contributed by atoms with Crippen LogP contribution in [-0.2, 0) is 20.9 Å². The van der Waals surface area contributed by atoms with E-state index in [0.717, 1.165) is 5.56 Å². The quantitative estimate of drug-likeness (QED) is 0.660. The zero-order valence-electron chi connectivity index (χ0n) is 15.0. The SMILES string of the molecule is NC(=O)CCN(Cc1ccccc1)C(=O)CN(CC(=O)O)c1ccccc1. The van der Waals surface area contributed by atoms with Crippen molar-refractivity contribution < 1.29 is 19.5 Å².